The first kappa shape index (κ1) is 22.6. The number of benzene rings is 2. The zero-order chi connectivity index (χ0) is 25.7. The van der Waals surface area contributed by atoms with Gasteiger partial charge in [0.1, 0.15) is 5.82 Å². The number of nitrogens with zero attached hydrogens (tertiary/aromatic N) is 6. The summed E-state index contributed by atoms with van der Waals surface area (Å²) >= 11 is 0. The van der Waals surface area contributed by atoms with Crippen LogP contribution >= 0.6 is 0 Å². The number of hydrogen-bond acceptors (Lipinski definition) is 5. The Morgan fingerprint density at radius 2 is 1.65 bits per heavy atom. The molecule has 182 valence electrons. The van der Waals surface area contributed by atoms with Gasteiger partial charge in [0.2, 0.25) is 0 Å². The molecule has 0 fully saturated rings. The zero-order valence-corrected chi connectivity index (χ0v) is 21.0. The Hall–Kier alpha value is -4.85. The van der Waals surface area contributed by atoms with Gasteiger partial charge in [-0.1, -0.05) is 36.4 Å². The van der Waals surface area contributed by atoms with Crippen molar-refractivity contribution in [3.05, 3.63) is 101 Å². The topological polar surface area (TPSA) is 90.5 Å². The molecule has 0 bridgehead atoms. The van der Waals surface area contributed by atoms with Crippen molar-refractivity contribution < 1.29 is 4.79 Å². The summed E-state index contributed by atoms with van der Waals surface area (Å²) in [4.78, 5) is 22.9. The lowest BCUT2D eigenvalue weighted by Crippen LogP contribution is -2.16. The van der Waals surface area contributed by atoms with E-state index in [0.717, 1.165) is 38.6 Å². The number of aryl methyl sites for hydroxylation is 3. The van der Waals surface area contributed by atoms with Crippen molar-refractivity contribution in [2.75, 3.05) is 5.32 Å². The summed E-state index contributed by atoms with van der Waals surface area (Å²) in [6.45, 7) is 7.85. The smallest absolute Gasteiger partial charge is 0.260 e. The summed E-state index contributed by atoms with van der Waals surface area (Å²) in [7, 11) is 0. The molecule has 1 amide bonds. The van der Waals surface area contributed by atoms with E-state index < -0.39 is 0 Å². The predicted molar refractivity (Wildman–Crippen MR) is 145 cm³/mol. The van der Waals surface area contributed by atoms with E-state index in [1.54, 1.807) is 15.6 Å². The van der Waals surface area contributed by atoms with Crippen LogP contribution in [0.4, 0.5) is 5.82 Å². The van der Waals surface area contributed by atoms with E-state index in [1.165, 1.54) is 0 Å². The lowest BCUT2D eigenvalue weighted by molar-refractivity contribution is 0.102. The first-order valence-corrected chi connectivity index (χ1v) is 12.1. The number of amides is 1. The fourth-order valence-electron chi connectivity index (χ4n) is 4.64. The molecule has 8 nitrogen and oxygen atoms in total. The molecular weight excluding hydrogens is 462 g/mol. The van der Waals surface area contributed by atoms with Crippen LogP contribution in [-0.2, 0) is 0 Å². The predicted octanol–water partition coefficient (Wildman–Crippen LogP) is 5.64. The van der Waals surface area contributed by atoms with Crippen LogP contribution in [0, 0.1) is 27.7 Å². The number of nitrogens with one attached hydrogen (secondary N) is 1. The second-order valence-electron chi connectivity index (χ2n) is 9.22. The average Bonchev–Trinajstić information content (AvgIpc) is 3.46. The Bertz CT molecular complexity index is 1830. The van der Waals surface area contributed by atoms with Gasteiger partial charge in [-0.15, -0.1) is 0 Å². The normalized spacial score (nSPS) is 11.4. The van der Waals surface area contributed by atoms with E-state index in [4.69, 9.17) is 9.97 Å². The van der Waals surface area contributed by atoms with Gasteiger partial charge in [-0.25, -0.2) is 14.6 Å². The molecular formula is C29H25N7O. The second kappa shape index (κ2) is 8.67. The van der Waals surface area contributed by atoms with Gasteiger partial charge < -0.3 is 5.32 Å². The van der Waals surface area contributed by atoms with Gasteiger partial charge >= 0.3 is 0 Å². The Kier molecular flexibility index (Phi) is 5.30. The number of rotatable bonds is 4. The maximum absolute atomic E-state index is 13.4. The van der Waals surface area contributed by atoms with Gasteiger partial charge in [0.25, 0.3) is 5.91 Å². The lowest BCUT2D eigenvalue weighted by Gasteiger charge is -2.12. The van der Waals surface area contributed by atoms with E-state index in [9.17, 15) is 4.79 Å². The third kappa shape index (κ3) is 3.92. The van der Waals surface area contributed by atoms with Crippen molar-refractivity contribution in [2.45, 2.75) is 27.7 Å². The maximum atomic E-state index is 13.4. The minimum atomic E-state index is -0.278. The molecule has 37 heavy (non-hydrogen) atoms. The van der Waals surface area contributed by atoms with Crippen LogP contribution in [0.25, 0.3) is 33.4 Å². The fourth-order valence-corrected chi connectivity index (χ4v) is 4.64. The largest absolute Gasteiger partial charge is 0.306 e. The third-order valence-corrected chi connectivity index (χ3v) is 6.58. The van der Waals surface area contributed by atoms with Crippen LogP contribution in [-0.4, -0.2) is 35.4 Å². The molecule has 6 rings (SSSR count). The number of fused-ring (bicyclic) bond motifs is 2. The van der Waals surface area contributed by atoms with E-state index in [2.05, 4.69) is 28.5 Å². The van der Waals surface area contributed by atoms with E-state index in [0.29, 0.717) is 28.7 Å². The van der Waals surface area contributed by atoms with Crippen LogP contribution in [0.2, 0.25) is 0 Å². The molecule has 2 aromatic carbocycles. The molecule has 0 saturated heterocycles. The summed E-state index contributed by atoms with van der Waals surface area (Å²) in [6, 6.07) is 21.8. The molecule has 0 spiro atoms. The standard InChI is InChI=1S/C29H25N7O/c1-17-8-7-10-22-18(2)14-26(32-28(17)22)36-27(15-19(3)34-36)33-29(37)23-16-30-35(20(23)4)25-13-12-21-9-5-6-11-24(21)31-25/h5-16H,1-4H3,(H,33,37). The highest BCUT2D eigenvalue weighted by molar-refractivity contribution is 6.04. The van der Waals surface area contributed by atoms with Crippen molar-refractivity contribution in [2.24, 2.45) is 0 Å². The van der Waals surface area contributed by atoms with E-state index >= 15 is 0 Å². The molecule has 4 aromatic heterocycles. The van der Waals surface area contributed by atoms with Gasteiger partial charge in [-0.05, 0) is 63.1 Å². The first-order chi connectivity index (χ1) is 17.9. The Labute approximate surface area is 213 Å². The van der Waals surface area contributed by atoms with Crippen molar-refractivity contribution in [3.8, 4) is 11.6 Å². The van der Waals surface area contributed by atoms with Gasteiger partial charge in [0.15, 0.2) is 11.6 Å². The molecule has 0 aliphatic carbocycles. The van der Waals surface area contributed by atoms with Crippen LogP contribution in [0.15, 0.2) is 72.9 Å². The summed E-state index contributed by atoms with van der Waals surface area (Å²) in [5.74, 6) is 1.57. The SMILES string of the molecule is Cc1cc(NC(=O)c2cnn(-c3ccc4ccccc4n3)c2C)n(-c2cc(C)c3cccc(C)c3n2)n1. The van der Waals surface area contributed by atoms with Crippen LogP contribution in [0.5, 0.6) is 0 Å². The molecule has 0 saturated carbocycles. The van der Waals surface area contributed by atoms with Gasteiger partial charge in [0.05, 0.1) is 34.2 Å². The number of pyridine rings is 2. The summed E-state index contributed by atoms with van der Waals surface area (Å²) in [5.41, 5.74) is 5.89. The quantitative estimate of drug-likeness (QED) is 0.347. The van der Waals surface area contributed by atoms with Crippen molar-refractivity contribution >= 4 is 33.5 Å². The number of carbonyl (C=O) groups is 1. The number of para-hydroxylation sites is 2. The van der Waals surface area contributed by atoms with Crippen LogP contribution < -0.4 is 5.32 Å². The summed E-state index contributed by atoms with van der Waals surface area (Å²) in [5, 5.41) is 14.2. The van der Waals surface area contributed by atoms with E-state index in [1.807, 2.05) is 81.4 Å². The maximum Gasteiger partial charge on any atom is 0.260 e. The monoisotopic (exact) mass is 487 g/mol. The molecule has 0 aliphatic rings. The molecule has 1 N–H and O–H groups in total. The second-order valence-corrected chi connectivity index (χ2v) is 9.22. The molecule has 0 aliphatic heterocycles. The van der Waals surface area contributed by atoms with Crippen LogP contribution in [0.3, 0.4) is 0 Å². The fraction of sp³-hybridized carbons (Fsp3) is 0.138. The highest BCUT2D eigenvalue weighted by atomic mass is 16.1. The summed E-state index contributed by atoms with van der Waals surface area (Å²) < 4.78 is 3.36. The average molecular weight is 488 g/mol. The van der Waals surface area contributed by atoms with Crippen molar-refractivity contribution in [1.29, 1.82) is 0 Å². The number of hydrogen-bond donors (Lipinski definition) is 1. The van der Waals surface area contributed by atoms with Gasteiger partial charge in [-0.3, -0.25) is 4.79 Å². The van der Waals surface area contributed by atoms with Crippen molar-refractivity contribution in [3.63, 3.8) is 0 Å². The zero-order valence-electron chi connectivity index (χ0n) is 21.0. The molecule has 4 heterocycles. The number of carbonyl (C=O) groups excluding carboxylic acids is 1. The molecule has 0 atom stereocenters. The Morgan fingerprint density at radius 3 is 2.51 bits per heavy atom. The Balaban J connectivity index is 1.34. The van der Waals surface area contributed by atoms with Crippen molar-refractivity contribution in [1.82, 2.24) is 29.5 Å². The van der Waals surface area contributed by atoms with E-state index in [-0.39, 0.29) is 5.91 Å². The highest BCUT2D eigenvalue weighted by Gasteiger charge is 2.19. The summed E-state index contributed by atoms with van der Waals surface area (Å²) in [6.07, 6.45) is 1.57. The number of anilines is 1. The van der Waals surface area contributed by atoms with Gasteiger partial charge in [-0.2, -0.15) is 14.9 Å². The number of aromatic nitrogens is 6. The first-order valence-electron chi connectivity index (χ1n) is 12.1. The molecule has 6 aromatic rings. The molecule has 0 radical (unpaired) electrons. The lowest BCUT2D eigenvalue weighted by atomic mass is 10.1. The molecule has 0 unspecified atom stereocenters. The highest BCUT2D eigenvalue weighted by Crippen LogP contribution is 2.25. The Morgan fingerprint density at radius 1 is 0.811 bits per heavy atom. The minimum Gasteiger partial charge on any atom is -0.306 e. The minimum absolute atomic E-state index is 0.278. The third-order valence-electron chi connectivity index (χ3n) is 6.58. The molecule has 8 heteroatoms. The van der Waals surface area contributed by atoms with Gasteiger partial charge in [0, 0.05) is 16.8 Å². The van der Waals surface area contributed by atoms with Crippen LogP contribution in [0.1, 0.15) is 32.9 Å².